The van der Waals surface area contributed by atoms with Crippen molar-refractivity contribution in [2.45, 2.75) is 32.2 Å². The number of carboxylic acids is 1. The van der Waals surface area contributed by atoms with E-state index in [0.29, 0.717) is 20.7 Å². The Kier molecular flexibility index (Phi) is 5.04. The molecule has 25 heavy (non-hydrogen) atoms. The van der Waals surface area contributed by atoms with Gasteiger partial charge in [-0.1, -0.05) is 29.3 Å². The maximum absolute atomic E-state index is 12.4. The van der Waals surface area contributed by atoms with E-state index in [1.54, 1.807) is 26.0 Å². The van der Waals surface area contributed by atoms with Crippen LogP contribution in [0.15, 0.2) is 18.2 Å². The van der Waals surface area contributed by atoms with Crippen LogP contribution in [0.2, 0.25) is 10.0 Å². The fraction of sp³-hybridized carbons (Fsp3) is 0.353. The number of rotatable bonds is 5. The fourth-order valence-corrected chi connectivity index (χ4v) is 3.99. The van der Waals surface area contributed by atoms with Crippen molar-refractivity contribution in [2.75, 3.05) is 0 Å². The van der Waals surface area contributed by atoms with Gasteiger partial charge >= 0.3 is 5.97 Å². The Morgan fingerprint density at radius 2 is 2.08 bits per heavy atom. The molecule has 1 aliphatic carbocycles. The number of aryl methyl sites for hydroxylation is 1. The third-order valence-electron chi connectivity index (χ3n) is 4.24. The quantitative estimate of drug-likeness (QED) is 0.779. The molecule has 8 heteroatoms. The number of benzene rings is 1. The first kappa shape index (κ1) is 18.2. The van der Waals surface area contributed by atoms with E-state index in [2.05, 4.69) is 10.3 Å². The summed E-state index contributed by atoms with van der Waals surface area (Å²) < 4.78 is 0. The Morgan fingerprint density at radius 1 is 1.36 bits per heavy atom. The van der Waals surface area contributed by atoms with Crippen molar-refractivity contribution in [1.82, 2.24) is 10.3 Å². The number of nitrogens with one attached hydrogen (secondary N) is 1. The van der Waals surface area contributed by atoms with Crippen molar-refractivity contribution >= 4 is 46.4 Å². The number of carbonyl (C=O) groups excluding carboxylic acids is 1. The summed E-state index contributed by atoms with van der Waals surface area (Å²) in [6.07, 6.45) is 0.758. The number of halogens is 2. The summed E-state index contributed by atoms with van der Waals surface area (Å²) >= 11 is 13.0. The van der Waals surface area contributed by atoms with E-state index >= 15 is 0 Å². The molecule has 0 radical (unpaired) electrons. The lowest BCUT2D eigenvalue weighted by atomic mass is 10.1. The number of nitrogens with zero attached hydrogens (tertiary/aromatic N) is 1. The van der Waals surface area contributed by atoms with E-state index in [0.717, 1.165) is 23.3 Å². The largest absolute Gasteiger partial charge is 0.477 e. The van der Waals surface area contributed by atoms with Gasteiger partial charge in [-0.25, -0.2) is 9.78 Å². The molecule has 1 amide bonds. The van der Waals surface area contributed by atoms with E-state index in [-0.39, 0.29) is 28.7 Å². The summed E-state index contributed by atoms with van der Waals surface area (Å²) in [6.45, 7) is 3.46. The Hall–Kier alpha value is -1.63. The van der Waals surface area contributed by atoms with E-state index in [1.807, 2.05) is 6.07 Å². The van der Waals surface area contributed by atoms with Crippen molar-refractivity contribution < 1.29 is 14.7 Å². The Balaban J connectivity index is 1.64. The Bertz CT molecular complexity index is 852. The second-order valence-corrected chi connectivity index (χ2v) is 7.97. The molecular formula is C17H16Cl2N2O3S. The number of thiazole rings is 1. The number of carboxylic acid groups (broad SMARTS) is 1. The molecule has 3 rings (SSSR count). The van der Waals surface area contributed by atoms with Crippen LogP contribution in [0.4, 0.5) is 0 Å². The van der Waals surface area contributed by atoms with Gasteiger partial charge < -0.3 is 10.4 Å². The molecule has 3 unspecified atom stereocenters. The molecule has 3 atom stereocenters. The number of aromatic carboxylic acids is 1. The van der Waals surface area contributed by atoms with Gasteiger partial charge in [-0.3, -0.25) is 4.79 Å². The van der Waals surface area contributed by atoms with Crippen molar-refractivity contribution in [3.63, 3.8) is 0 Å². The molecule has 0 saturated heterocycles. The lowest BCUT2D eigenvalue weighted by Gasteiger charge is -2.11. The fourth-order valence-electron chi connectivity index (χ4n) is 2.78. The van der Waals surface area contributed by atoms with E-state index in [1.165, 1.54) is 0 Å². The summed E-state index contributed by atoms with van der Waals surface area (Å²) in [5, 5.41) is 13.6. The SMILES string of the molecule is Cc1nc(C(C)NC(=O)C2CC2c2ccc(Cl)c(Cl)c2)sc1C(=O)O. The van der Waals surface area contributed by atoms with Crippen LogP contribution < -0.4 is 5.32 Å². The van der Waals surface area contributed by atoms with Gasteiger partial charge in [0, 0.05) is 5.92 Å². The minimum atomic E-state index is -0.998. The molecule has 132 valence electrons. The highest BCUT2D eigenvalue weighted by atomic mass is 35.5. The van der Waals surface area contributed by atoms with E-state index in [9.17, 15) is 9.59 Å². The van der Waals surface area contributed by atoms with Crippen LogP contribution >= 0.6 is 34.5 Å². The maximum atomic E-state index is 12.4. The highest BCUT2D eigenvalue weighted by Crippen LogP contribution is 2.48. The zero-order chi connectivity index (χ0) is 18.3. The van der Waals surface area contributed by atoms with Crippen molar-refractivity contribution in [1.29, 1.82) is 0 Å². The van der Waals surface area contributed by atoms with Crippen LogP contribution in [0.1, 0.15) is 51.2 Å². The zero-order valence-electron chi connectivity index (χ0n) is 13.5. The molecule has 0 aliphatic heterocycles. The van der Waals surface area contributed by atoms with Crippen molar-refractivity contribution in [3.8, 4) is 0 Å². The molecule has 1 saturated carbocycles. The van der Waals surface area contributed by atoms with Gasteiger partial charge in [-0.05, 0) is 43.9 Å². The smallest absolute Gasteiger partial charge is 0.347 e. The predicted octanol–water partition coefficient (Wildman–Crippen LogP) is 4.44. The van der Waals surface area contributed by atoms with Crippen LogP contribution in [-0.2, 0) is 4.79 Å². The predicted molar refractivity (Wildman–Crippen MR) is 97.7 cm³/mol. The number of carbonyl (C=O) groups is 2. The van der Waals surface area contributed by atoms with E-state index in [4.69, 9.17) is 28.3 Å². The summed E-state index contributed by atoms with van der Waals surface area (Å²) in [5.74, 6) is -1.04. The van der Waals surface area contributed by atoms with Gasteiger partial charge in [-0.15, -0.1) is 11.3 Å². The van der Waals surface area contributed by atoms with Gasteiger partial charge in [-0.2, -0.15) is 0 Å². The van der Waals surface area contributed by atoms with Crippen LogP contribution in [0.3, 0.4) is 0 Å². The summed E-state index contributed by atoms with van der Waals surface area (Å²) in [5.41, 5.74) is 1.47. The number of amides is 1. The lowest BCUT2D eigenvalue weighted by Crippen LogP contribution is -2.28. The van der Waals surface area contributed by atoms with Crippen molar-refractivity contribution in [3.05, 3.63) is 49.4 Å². The highest BCUT2D eigenvalue weighted by molar-refractivity contribution is 7.13. The third-order valence-corrected chi connectivity index (χ3v) is 6.30. The average molecular weight is 399 g/mol. The van der Waals surface area contributed by atoms with Gasteiger partial charge in [0.15, 0.2) is 0 Å². The number of aromatic nitrogens is 1. The topological polar surface area (TPSA) is 79.3 Å². The molecular weight excluding hydrogens is 383 g/mol. The molecule has 1 aromatic carbocycles. The molecule has 0 bridgehead atoms. The minimum absolute atomic E-state index is 0.0618. The van der Waals surface area contributed by atoms with Gasteiger partial charge in [0.05, 0.1) is 21.8 Å². The Labute approximate surface area is 159 Å². The molecule has 1 heterocycles. The molecule has 5 nitrogen and oxygen atoms in total. The Morgan fingerprint density at radius 3 is 2.68 bits per heavy atom. The van der Waals surface area contributed by atoms with Gasteiger partial charge in [0.2, 0.25) is 5.91 Å². The standard InChI is InChI=1S/C17H16Cl2N2O3S/c1-7-14(17(23)24)25-16(21-7)8(2)20-15(22)11-6-10(11)9-3-4-12(18)13(19)5-9/h3-5,8,10-11H,6H2,1-2H3,(H,20,22)(H,23,24). The summed E-state index contributed by atoms with van der Waals surface area (Å²) in [4.78, 5) is 28.0. The third kappa shape index (κ3) is 3.81. The number of hydrogen-bond donors (Lipinski definition) is 2. The molecule has 1 aromatic heterocycles. The molecule has 2 aromatic rings. The summed E-state index contributed by atoms with van der Waals surface area (Å²) in [7, 11) is 0. The van der Waals surface area contributed by atoms with Gasteiger partial charge in [0.25, 0.3) is 0 Å². The van der Waals surface area contributed by atoms with Crippen LogP contribution in [0.5, 0.6) is 0 Å². The maximum Gasteiger partial charge on any atom is 0.347 e. The first-order valence-electron chi connectivity index (χ1n) is 7.74. The first-order valence-corrected chi connectivity index (χ1v) is 9.31. The van der Waals surface area contributed by atoms with Gasteiger partial charge in [0.1, 0.15) is 9.88 Å². The minimum Gasteiger partial charge on any atom is -0.477 e. The second-order valence-electron chi connectivity index (χ2n) is 6.12. The molecule has 2 N–H and O–H groups in total. The van der Waals surface area contributed by atoms with Crippen molar-refractivity contribution in [2.24, 2.45) is 5.92 Å². The normalized spacial score (nSPS) is 20.2. The zero-order valence-corrected chi connectivity index (χ0v) is 15.9. The molecule has 1 fully saturated rings. The van der Waals surface area contributed by atoms with Crippen LogP contribution in [-0.4, -0.2) is 22.0 Å². The lowest BCUT2D eigenvalue weighted by molar-refractivity contribution is -0.123. The molecule has 1 aliphatic rings. The van der Waals surface area contributed by atoms with Crippen LogP contribution in [0.25, 0.3) is 0 Å². The average Bonchev–Trinajstić information content (AvgIpc) is 3.25. The monoisotopic (exact) mass is 398 g/mol. The highest BCUT2D eigenvalue weighted by Gasteiger charge is 2.44. The van der Waals surface area contributed by atoms with Crippen LogP contribution in [0, 0.1) is 12.8 Å². The number of hydrogen-bond acceptors (Lipinski definition) is 4. The summed E-state index contributed by atoms with van der Waals surface area (Å²) in [6, 6.07) is 5.09. The van der Waals surface area contributed by atoms with E-state index < -0.39 is 5.97 Å². The molecule has 0 spiro atoms. The first-order chi connectivity index (χ1) is 11.8. The second kappa shape index (κ2) is 6.94.